The predicted octanol–water partition coefficient (Wildman–Crippen LogP) is 3.79. The molecule has 0 bridgehead atoms. The number of rotatable bonds is 7. The molecule has 3 aromatic rings. The van der Waals surface area contributed by atoms with Crippen molar-refractivity contribution in [1.82, 2.24) is 14.7 Å². The minimum absolute atomic E-state index is 0.359. The number of piperidine rings is 1. The van der Waals surface area contributed by atoms with Crippen LogP contribution in [0.15, 0.2) is 60.8 Å². The first-order valence-corrected chi connectivity index (χ1v) is 11.0. The highest BCUT2D eigenvalue weighted by Crippen LogP contribution is 2.36. The molecule has 1 fully saturated rings. The summed E-state index contributed by atoms with van der Waals surface area (Å²) in [6.45, 7) is 4.74. The van der Waals surface area contributed by atoms with Gasteiger partial charge in [0.25, 0.3) is 0 Å². The van der Waals surface area contributed by atoms with Crippen molar-refractivity contribution in [2.45, 2.75) is 44.5 Å². The summed E-state index contributed by atoms with van der Waals surface area (Å²) in [5.41, 5.74) is 9.36. The zero-order valence-corrected chi connectivity index (χ0v) is 18.4. The zero-order chi connectivity index (χ0) is 22.6. The second-order valence-corrected chi connectivity index (χ2v) is 8.63. The molecule has 4 rings (SSSR count). The molecule has 1 aliphatic heterocycles. The van der Waals surface area contributed by atoms with Gasteiger partial charge in [-0.2, -0.15) is 10.4 Å². The summed E-state index contributed by atoms with van der Waals surface area (Å²) in [6.07, 6.45) is 2.61. The van der Waals surface area contributed by atoms with Crippen molar-refractivity contribution in [1.29, 1.82) is 5.26 Å². The molecule has 0 aliphatic carbocycles. The first-order valence-electron chi connectivity index (χ1n) is 11.0. The Kier molecular flexibility index (Phi) is 6.56. The molecule has 7 heteroatoms. The number of likely N-dealkylation sites (tertiary alicyclic amines) is 1. The molecule has 4 N–H and O–H groups in total. The molecule has 0 saturated carbocycles. The van der Waals surface area contributed by atoms with Crippen LogP contribution < -0.4 is 11.1 Å². The molecule has 166 valence electrons. The van der Waals surface area contributed by atoms with Crippen LogP contribution in [0.5, 0.6) is 0 Å². The van der Waals surface area contributed by atoms with E-state index in [1.807, 2.05) is 35.0 Å². The van der Waals surface area contributed by atoms with Crippen molar-refractivity contribution < 1.29 is 5.11 Å². The first kappa shape index (κ1) is 22.0. The lowest BCUT2D eigenvalue weighted by Gasteiger charge is -2.40. The number of nitrogens with zero attached hydrogens (tertiary/aromatic N) is 4. The summed E-state index contributed by atoms with van der Waals surface area (Å²) in [5, 5.41) is 27.8. The van der Waals surface area contributed by atoms with Gasteiger partial charge in [0.15, 0.2) is 5.82 Å². The molecule has 1 aromatic heterocycles. The maximum Gasteiger partial charge on any atom is 0.159 e. The third kappa shape index (κ3) is 4.83. The van der Waals surface area contributed by atoms with Crippen LogP contribution in [0.2, 0.25) is 0 Å². The Labute approximate surface area is 189 Å². The summed E-state index contributed by atoms with van der Waals surface area (Å²) in [6, 6.07) is 20.7. The van der Waals surface area contributed by atoms with Gasteiger partial charge in [0.05, 0.1) is 23.6 Å². The molecule has 0 radical (unpaired) electrons. The molecule has 2 aromatic carbocycles. The van der Waals surface area contributed by atoms with E-state index in [1.54, 1.807) is 6.20 Å². The lowest BCUT2D eigenvalue weighted by atomic mass is 9.84. The van der Waals surface area contributed by atoms with Crippen molar-refractivity contribution >= 4 is 11.5 Å². The van der Waals surface area contributed by atoms with E-state index in [2.05, 4.69) is 47.5 Å². The topological polar surface area (TPSA) is 103 Å². The van der Waals surface area contributed by atoms with Crippen LogP contribution in [0, 0.1) is 18.3 Å². The smallest absolute Gasteiger partial charge is 0.159 e. The van der Waals surface area contributed by atoms with Gasteiger partial charge in [-0.05, 0) is 37.5 Å². The number of hydrogen-bond acceptors (Lipinski definition) is 6. The fourth-order valence-corrected chi connectivity index (χ4v) is 4.32. The lowest BCUT2D eigenvalue weighted by molar-refractivity contribution is 0.0974. The molecule has 0 spiro atoms. The van der Waals surface area contributed by atoms with E-state index in [0.717, 1.165) is 38.2 Å². The largest absolute Gasteiger partial charge is 0.374 e. The number of para-hydroxylation sites is 1. The minimum Gasteiger partial charge on any atom is -0.374 e. The quantitative estimate of drug-likeness (QED) is 0.493. The minimum atomic E-state index is -1.16. The number of nitrogens with one attached hydrogen (secondary N) is 1. The molecule has 1 unspecified atom stereocenters. The number of aliphatic hydroxyl groups is 1. The number of aromatic nitrogens is 2. The zero-order valence-electron chi connectivity index (χ0n) is 18.4. The summed E-state index contributed by atoms with van der Waals surface area (Å²) in [5.74, 6) is 0.519. The Morgan fingerprint density at radius 3 is 2.47 bits per heavy atom. The van der Waals surface area contributed by atoms with E-state index in [-0.39, 0.29) is 0 Å². The van der Waals surface area contributed by atoms with Crippen LogP contribution >= 0.6 is 0 Å². The third-order valence-corrected chi connectivity index (χ3v) is 6.31. The summed E-state index contributed by atoms with van der Waals surface area (Å²) < 4.78 is 1.86. The highest BCUT2D eigenvalue weighted by atomic mass is 16.3. The summed E-state index contributed by atoms with van der Waals surface area (Å²) >= 11 is 0. The predicted molar refractivity (Wildman–Crippen MR) is 125 cm³/mol. The van der Waals surface area contributed by atoms with Crippen LogP contribution in [0.3, 0.4) is 0 Å². The van der Waals surface area contributed by atoms with Gasteiger partial charge >= 0.3 is 0 Å². The average molecular weight is 431 g/mol. The molecule has 32 heavy (non-hydrogen) atoms. The maximum absolute atomic E-state index is 10.1. The number of benzene rings is 2. The van der Waals surface area contributed by atoms with Gasteiger partial charge in [-0.25, -0.2) is 0 Å². The highest BCUT2D eigenvalue weighted by molar-refractivity contribution is 5.59. The van der Waals surface area contributed by atoms with Crippen molar-refractivity contribution in [2.75, 3.05) is 18.4 Å². The van der Waals surface area contributed by atoms with Gasteiger partial charge in [-0.1, -0.05) is 48.0 Å². The molecule has 1 saturated heterocycles. The molecule has 1 aliphatic rings. The highest BCUT2D eigenvalue weighted by Gasteiger charge is 2.38. The van der Waals surface area contributed by atoms with Crippen LogP contribution in [-0.2, 0) is 12.1 Å². The van der Waals surface area contributed by atoms with Gasteiger partial charge in [-0.15, -0.1) is 0 Å². The van der Waals surface area contributed by atoms with E-state index < -0.39 is 11.8 Å². The number of anilines is 2. The first-order chi connectivity index (χ1) is 15.5. The van der Waals surface area contributed by atoms with Crippen LogP contribution in [-0.4, -0.2) is 32.9 Å². The van der Waals surface area contributed by atoms with E-state index in [0.29, 0.717) is 17.8 Å². The van der Waals surface area contributed by atoms with Gasteiger partial charge in [-0.3, -0.25) is 9.58 Å². The number of aliphatic hydroxyl groups excluding tert-OH is 1. The van der Waals surface area contributed by atoms with E-state index >= 15 is 0 Å². The van der Waals surface area contributed by atoms with Crippen LogP contribution in [0.4, 0.5) is 11.5 Å². The Morgan fingerprint density at radius 2 is 1.84 bits per heavy atom. The molecule has 7 nitrogen and oxygen atoms in total. The van der Waals surface area contributed by atoms with E-state index in [9.17, 15) is 10.4 Å². The summed E-state index contributed by atoms with van der Waals surface area (Å²) in [7, 11) is 0. The number of nitriles is 1. The normalized spacial score (nSPS) is 16.9. The van der Waals surface area contributed by atoms with Crippen LogP contribution in [0.25, 0.3) is 0 Å². The van der Waals surface area contributed by atoms with E-state index in [1.165, 1.54) is 11.1 Å². The Balaban J connectivity index is 1.54. The number of hydrogen-bond donors (Lipinski definition) is 3. The van der Waals surface area contributed by atoms with Crippen molar-refractivity contribution in [3.05, 3.63) is 77.5 Å². The molecular weight excluding hydrogens is 400 g/mol. The second-order valence-electron chi connectivity index (χ2n) is 8.63. The molecule has 1 atom stereocenters. The lowest BCUT2D eigenvalue weighted by Crippen LogP contribution is -2.46. The van der Waals surface area contributed by atoms with Gasteiger partial charge in [0, 0.05) is 31.5 Å². The number of nitrogens with two attached hydrogens (primary N) is 1. The summed E-state index contributed by atoms with van der Waals surface area (Å²) in [4.78, 5) is 2.42. The van der Waals surface area contributed by atoms with Gasteiger partial charge in [0.2, 0.25) is 0 Å². The average Bonchev–Trinajstić information content (AvgIpc) is 3.22. The molecule has 2 heterocycles. The maximum atomic E-state index is 10.1. The van der Waals surface area contributed by atoms with Crippen LogP contribution in [0.1, 0.15) is 42.2 Å². The molecular formula is C25H30N6O. The standard InChI is InChI=1S/C25H30N6O/c1-19-7-9-20(10-8-19)17-30-15-12-25(11-14-26,13-16-30)31-18-22(23(27)32)24(29-31)28-21-5-3-2-4-6-21/h2-10,18,23,32H,11-13,15-17,27H2,1H3,(H,28,29). The Hall–Kier alpha value is -3.18. The molecule has 0 amide bonds. The van der Waals surface area contributed by atoms with Crippen molar-refractivity contribution in [2.24, 2.45) is 5.73 Å². The third-order valence-electron chi connectivity index (χ3n) is 6.31. The monoisotopic (exact) mass is 430 g/mol. The van der Waals surface area contributed by atoms with Gasteiger partial charge in [0.1, 0.15) is 6.23 Å². The fraction of sp³-hybridized carbons (Fsp3) is 0.360. The Bertz CT molecular complexity index is 1060. The fourth-order valence-electron chi connectivity index (χ4n) is 4.32. The Morgan fingerprint density at radius 1 is 1.16 bits per heavy atom. The second kappa shape index (κ2) is 9.53. The number of aryl methyl sites for hydroxylation is 1. The SMILES string of the molecule is Cc1ccc(CN2CCC(CC#N)(n3cc(C(N)O)c(Nc4ccccc4)n3)CC2)cc1. The van der Waals surface area contributed by atoms with Crippen molar-refractivity contribution in [3.63, 3.8) is 0 Å². The van der Waals surface area contributed by atoms with Gasteiger partial charge < -0.3 is 16.2 Å². The van der Waals surface area contributed by atoms with Crippen molar-refractivity contribution in [3.8, 4) is 6.07 Å². The van der Waals surface area contributed by atoms with E-state index in [4.69, 9.17) is 10.8 Å².